The average Bonchev–Trinajstić information content (AvgIpc) is 1.81. The second kappa shape index (κ2) is 6.83. The maximum absolute atomic E-state index is 2.14. The molecule has 0 atom stereocenters. The van der Waals surface area contributed by atoms with Crippen LogP contribution in [0, 0.1) is 0 Å². The second-order valence-corrected chi connectivity index (χ2v) is 2.20. The predicted octanol–water partition coefficient (Wildman–Crippen LogP) is 3.18. The van der Waals surface area contributed by atoms with Gasteiger partial charge in [-0.3, -0.25) is 0 Å². The second-order valence-electron chi connectivity index (χ2n) is 1.39. The van der Waals surface area contributed by atoms with Crippen molar-refractivity contribution in [3.63, 3.8) is 0 Å². The van der Waals surface area contributed by atoms with Crippen LogP contribution in [0.5, 0.6) is 0 Å². The summed E-state index contributed by atoms with van der Waals surface area (Å²) in [5.41, 5.74) is 0. The molecular formula is C7H12S. The smallest absolute Gasteiger partial charge is 0.0288 e. The van der Waals surface area contributed by atoms with Gasteiger partial charge in [-0.2, -0.15) is 0 Å². The van der Waals surface area contributed by atoms with Crippen LogP contribution in [-0.2, 0) is 0 Å². The van der Waals surface area contributed by atoms with Crippen molar-refractivity contribution in [3.8, 4) is 0 Å². The molecule has 0 aliphatic heterocycles. The molecule has 0 unspecified atom stereocenters. The lowest BCUT2D eigenvalue weighted by atomic mass is 10.5. The van der Waals surface area contributed by atoms with Crippen molar-refractivity contribution < 1.29 is 0 Å². The van der Waals surface area contributed by atoms with Crippen molar-refractivity contribution in [1.29, 1.82) is 0 Å². The van der Waals surface area contributed by atoms with Gasteiger partial charge in [-0.25, -0.2) is 0 Å². The molecule has 0 aromatic rings. The van der Waals surface area contributed by atoms with Gasteiger partial charge in [0, 0.05) is 0 Å². The largest absolute Gasteiger partial charge is 0.107 e. The van der Waals surface area contributed by atoms with Crippen molar-refractivity contribution in [2.45, 2.75) is 20.3 Å². The Hall–Kier alpha value is -0.170. The van der Waals surface area contributed by atoms with Crippen molar-refractivity contribution in [1.82, 2.24) is 0 Å². The molecule has 0 spiro atoms. The molecule has 0 radical (unpaired) electrons. The topological polar surface area (TPSA) is 0 Å². The number of hydrogen-bond acceptors (Lipinski definition) is 1. The number of thioether (sulfide) groups is 1. The van der Waals surface area contributed by atoms with Gasteiger partial charge in [0.15, 0.2) is 0 Å². The predicted molar refractivity (Wildman–Crippen MR) is 41.8 cm³/mol. The number of hydrogen-bond donors (Lipinski definition) is 0. The first-order valence-electron chi connectivity index (χ1n) is 2.83. The Balaban J connectivity index is 3.03. The van der Waals surface area contributed by atoms with Crippen LogP contribution >= 0.6 is 11.8 Å². The van der Waals surface area contributed by atoms with Gasteiger partial charge in [0.05, 0.1) is 0 Å². The highest BCUT2D eigenvalue weighted by molar-refractivity contribution is 8.04. The van der Waals surface area contributed by atoms with E-state index in [0.29, 0.717) is 0 Å². The third kappa shape index (κ3) is 5.83. The highest BCUT2D eigenvalue weighted by atomic mass is 32.2. The van der Waals surface area contributed by atoms with Crippen LogP contribution in [0.25, 0.3) is 0 Å². The molecule has 0 saturated heterocycles. The summed E-state index contributed by atoms with van der Waals surface area (Å²) in [6, 6.07) is 0. The van der Waals surface area contributed by atoms with E-state index in [4.69, 9.17) is 0 Å². The minimum absolute atomic E-state index is 1.13. The summed E-state index contributed by atoms with van der Waals surface area (Å²) < 4.78 is 0. The van der Waals surface area contributed by atoms with Gasteiger partial charge in [0.2, 0.25) is 0 Å². The van der Waals surface area contributed by atoms with Crippen LogP contribution in [0.1, 0.15) is 20.3 Å². The molecule has 0 aliphatic rings. The Morgan fingerprint density at radius 1 is 1.38 bits per heavy atom. The maximum atomic E-state index is 2.14. The Kier molecular flexibility index (Phi) is 6.68. The molecule has 0 bridgehead atoms. The minimum atomic E-state index is 1.13. The van der Waals surface area contributed by atoms with Gasteiger partial charge in [-0.05, 0) is 24.2 Å². The van der Waals surface area contributed by atoms with Crippen LogP contribution in [0.4, 0.5) is 0 Å². The van der Waals surface area contributed by atoms with E-state index in [1.807, 2.05) is 13.0 Å². The average molecular weight is 128 g/mol. The zero-order chi connectivity index (χ0) is 6.24. The van der Waals surface area contributed by atoms with Crippen LogP contribution in [0.2, 0.25) is 0 Å². The fourth-order valence-corrected chi connectivity index (χ4v) is 0.827. The first-order chi connectivity index (χ1) is 3.91. The van der Waals surface area contributed by atoms with Gasteiger partial charge in [0.1, 0.15) is 0 Å². The fraction of sp³-hybridized carbons (Fsp3) is 0.429. The lowest BCUT2D eigenvalue weighted by Crippen LogP contribution is -1.47. The Bertz CT molecular complexity index is 82.4. The van der Waals surface area contributed by atoms with E-state index in [9.17, 15) is 0 Å². The van der Waals surface area contributed by atoms with E-state index in [0.717, 1.165) is 6.42 Å². The maximum Gasteiger partial charge on any atom is -0.0288 e. The van der Waals surface area contributed by atoms with Crippen molar-refractivity contribution in [2.75, 3.05) is 0 Å². The molecule has 0 N–H and O–H groups in total. The molecule has 46 valence electrons. The standard InChI is InChI=1S/C7H12S/c1-3-5-7-8-6-4-2/h4-7H,3H2,1-2H3/b6-4+,7-5+. The lowest BCUT2D eigenvalue weighted by molar-refractivity contribution is 1.23. The SMILES string of the molecule is C/C=C/S/C=C/CC. The molecule has 0 rings (SSSR count). The van der Waals surface area contributed by atoms with Crippen LogP contribution in [-0.4, -0.2) is 0 Å². The Morgan fingerprint density at radius 2 is 2.12 bits per heavy atom. The van der Waals surface area contributed by atoms with Gasteiger partial charge < -0.3 is 0 Å². The van der Waals surface area contributed by atoms with Crippen molar-refractivity contribution in [2.24, 2.45) is 0 Å². The monoisotopic (exact) mass is 128 g/mol. The van der Waals surface area contributed by atoms with E-state index >= 15 is 0 Å². The highest BCUT2D eigenvalue weighted by Crippen LogP contribution is 2.03. The molecule has 1 heteroatoms. The Labute approximate surface area is 55.7 Å². The van der Waals surface area contributed by atoms with Gasteiger partial charge in [0.25, 0.3) is 0 Å². The van der Waals surface area contributed by atoms with E-state index in [-0.39, 0.29) is 0 Å². The summed E-state index contributed by atoms with van der Waals surface area (Å²) in [6.07, 6.45) is 5.31. The molecule has 0 amide bonds. The minimum Gasteiger partial charge on any atom is -0.107 e. The Morgan fingerprint density at radius 3 is 2.62 bits per heavy atom. The molecule has 0 aliphatic carbocycles. The molecule has 0 nitrogen and oxygen atoms in total. The summed E-state index contributed by atoms with van der Waals surface area (Å²) in [5.74, 6) is 0. The van der Waals surface area contributed by atoms with Gasteiger partial charge >= 0.3 is 0 Å². The van der Waals surface area contributed by atoms with Gasteiger partial charge in [-0.1, -0.05) is 19.1 Å². The third-order valence-electron chi connectivity index (χ3n) is 0.625. The summed E-state index contributed by atoms with van der Waals surface area (Å²) in [5, 5.41) is 4.16. The first kappa shape index (κ1) is 7.83. The van der Waals surface area contributed by atoms with E-state index in [1.54, 1.807) is 11.8 Å². The molecule has 0 aromatic carbocycles. The third-order valence-corrected chi connectivity index (χ3v) is 1.40. The molecule has 0 saturated carbocycles. The zero-order valence-electron chi connectivity index (χ0n) is 5.42. The molecule has 0 heterocycles. The molecule has 8 heavy (non-hydrogen) atoms. The fourth-order valence-electron chi connectivity index (χ4n) is 0.276. The quantitative estimate of drug-likeness (QED) is 0.562. The van der Waals surface area contributed by atoms with E-state index < -0.39 is 0 Å². The zero-order valence-corrected chi connectivity index (χ0v) is 6.24. The lowest BCUT2D eigenvalue weighted by Gasteiger charge is -1.77. The van der Waals surface area contributed by atoms with E-state index in [2.05, 4.69) is 23.8 Å². The van der Waals surface area contributed by atoms with Crippen molar-refractivity contribution >= 4 is 11.8 Å². The first-order valence-corrected chi connectivity index (χ1v) is 3.77. The van der Waals surface area contributed by atoms with Crippen LogP contribution < -0.4 is 0 Å². The highest BCUT2D eigenvalue weighted by Gasteiger charge is 1.65. The normalized spacial score (nSPS) is 11.8. The molecule has 0 aromatic heterocycles. The summed E-state index contributed by atoms with van der Waals surface area (Å²) in [6.45, 7) is 4.15. The number of allylic oxidation sites excluding steroid dienone is 2. The van der Waals surface area contributed by atoms with E-state index in [1.165, 1.54) is 0 Å². The van der Waals surface area contributed by atoms with Gasteiger partial charge in [-0.15, -0.1) is 11.8 Å². The van der Waals surface area contributed by atoms with Crippen LogP contribution in [0.15, 0.2) is 23.0 Å². The van der Waals surface area contributed by atoms with Crippen molar-refractivity contribution in [3.05, 3.63) is 23.0 Å². The summed E-state index contributed by atoms with van der Waals surface area (Å²) >= 11 is 1.72. The molecular weight excluding hydrogens is 116 g/mol. The molecule has 0 fully saturated rings. The summed E-state index contributed by atoms with van der Waals surface area (Å²) in [7, 11) is 0. The summed E-state index contributed by atoms with van der Waals surface area (Å²) in [4.78, 5) is 0. The van der Waals surface area contributed by atoms with Crippen LogP contribution in [0.3, 0.4) is 0 Å². The number of rotatable bonds is 3.